The number of nitrogens with zero attached hydrogens (tertiary/aromatic N) is 3. The molecule has 1 aromatic heterocycles. The number of benzene rings is 2. The van der Waals surface area contributed by atoms with Crippen LogP contribution in [0.4, 0.5) is 5.95 Å². The van der Waals surface area contributed by atoms with E-state index in [4.69, 9.17) is 28.3 Å². The van der Waals surface area contributed by atoms with Gasteiger partial charge in [0.05, 0.1) is 10.0 Å². The molecule has 0 fully saturated rings. The van der Waals surface area contributed by atoms with E-state index in [9.17, 15) is 4.79 Å². The lowest BCUT2D eigenvalue weighted by Crippen LogP contribution is -2.31. The summed E-state index contributed by atoms with van der Waals surface area (Å²) in [4.78, 5) is 17.5. The summed E-state index contributed by atoms with van der Waals surface area (Å²) in [6, 6.07) is 13.0. The molecule has 8 heteroatoms. The number of hydrogen-bond donors (Lipinski definition) is 1. The number of ketones is 1. The molecule has 2 heterocycles. The molecule has 0 radical (unpaired) electrons. The van der Waals surface area contributed by atoms with E-state index in [0.717, 1.165) is 39.7 Å². The normalized spacial score (nSPS) is 18.3. The van der Waals surface area contributed by atoms with Gasteiger partial charge in [-0.1, -0.05) is 51.3 Å². The second-order valence-corrected chi connectivity index (χ2v) is 8.81. The lowest BCUT2D eigenvalue weighted by Gasteiger charge is -2.32. The maximum absolute atomic E-state index is 12.8. The average Bonchev–Trinajstić information content (AvgIpc) is 3.13. The van der Waals surface area contributed by atoms with Crippen molar-refractivity contribution in [3.05, 3.63) is 73.8 Å². The van der Waals surface area contributed by atoms with E-state index >= 15 is 0 Å². The second kappa shape index (κ2) is 7.27. The third kappa shape index (κ3) is 3.29. The maximum Gasteiger partial charge on any atom is 0.226 e. The van der Waals surface area contributed by atoms with Gasteiger partial charge in [-0.05, 0) is 48.7 Å². The van der Waals surface area contributed by atoms with Crippen molar-refractivity contribution in [1.82, 2.24) is 14.8 Å². The Labute approximate surface area is 185 Å². The minimum atomic E-state index is -0.314. The summed E-state index contributed by atoms with van der Waals surface area (Å²) in [5, 5.41) is 9.00. The van der Waals surface area contributed by atoms with Gasteiger partial charge in [-0.2, -0.15) is 4.98 Å². The van der Waals surface area contributed by atoms with Crippen molar-refractivity contribution in [2.75, 3.05) is 5.32 Å². The molecule has 0 spiro atoms. The zero-order valence-corrected chi connectivity index (χ0v) is 18.2. The Bertz CT molecular complexity index is 1170. The van der Waals surface area contributed by atoms with Crippen molar-refractivity contribution in [3.8, 4) is 11.4 Å². The van der Waals surface area contributed by atoms with Gasteiger partial charge in [0.25, 0.3) is 0 Å². The van der Waals surface area contributed by atoms with E-state index in [1.807, 2.05) is 30.3 Å². The summed E-state index contributed by atoms with van der Waals surface area (Å²) < 4.78 is 2.78. The summed E-state index contributed by atoms with van der Waals surface area (Å²) in [7, 11) is 0. The fraction of sp³-hybridized carbons (Fsp3) is 0.190. The highest BCUT2D eigenvalue weighted by Gasteiger charge is 2.36. The molecule has 2 aliphatic rings. The summed E-state index contributed by atoms with van der Waals surface area (Å²) in [5.41, 5.74) is 3.47. The van der Waals surface area contributed by atoms with Gasteiger partial charge in [-0.25, -0.2) is 4.68 Å². The van der Waals surface area contributed by atoms with Gasteiger partial charge in [-0.3, -0.25) is 4.79 Å². The number of aromatic nitrogens is 3. The predicted molar refractivity (Wildman–Crippen MR) is 117 cm³/mol. The lowest BCUT2D eigenvalue weighted by atomic mass is 9.85. The van der Waals surface area contributed by atoms with E-state index < -0.39 is 0 Å². The standard InChI is InChI=1S/C21H15BrCl2N4O/c22-13-7-4-11(5-8-13)19-18-16(2-1-3-17(18)29)25-21-26-20(27-28(19)21)12-6-9-14(23)15(24)10-12/h4-10,19H,1-3H2,(H,25,26,27). The first kappa shape index (κ1) is 18.9. The minimum absolute atomic E-state index is 0.156. The van der Waals surface area contributed by atoms with E-state index in [-0.39, 0.29) is 11.8 Å². The van der Waals surface area contributed by atoms with Crippen LogP contribution in [0.15, 0.2) is 58.2 Å². The van der Waals surface area contributed by atoms with E-state index in [2.05, 4.69) is 26.2 Å². The van der Waals surface area contributed by atoms with Crippen molar-refractivity contribution in [2.45, 2.75) is 25.3 Å². The first-order valence-electron chi connectivity index (χ1n) is 9.22. The molecule has 2 aromatic carbocycles. The van der Waals surface area contributed by atoms with Gasteiger partial charge in [0.2, 0.25) is 5.95 Å². The number of halogens is 3. The molecule has 1 unspecified atom stereocenters. The molecule has 1 atom stereocenters. The van der Waals surface area contributed by atoms with Crippen LogP contribution in [0.3, 0.4) is 0 Å². The van der Waals surface area contributed by atoms with Gasteiger partial charge in [0, 0.05) is 27.7 Å². The average molecular weight is 490 g/mol. The molecule has 0 amide bonds. The molecule has 1 aliphatic heterocycles. The molecule has 0 saturated carbocycles. The van der Waals surface area contributed by atoms with Crippen LogP contribution >= 0.6 is 39.1 Å². The van der Waals surface area contributed by atoms with Crippen LogP contribution in [-0.4, -0.2) is 20.5 Å². The Morgan fingerprint density at radius 2 is 1.86 bits per heavy atom. The van der Waals surface area contributed by atoms with Crippen LogP contribution in [0.2, 0.25) is 10.0 Å². The first-order valence-corrected chi connectivity index (χ1v) is 10.8. The predicted octanol–water partition coefficient (Wildman–Crippen LogP) is 6.04. The highest BCUT2D eigenvalue weighted by atomic mass is 79.9. The smallest absolute Gasteiger partial charge is 0.226 e. The topological polar surface area (TPSA) is 59.8 Å². The van der Waals surface area contributed by atoms with Gasteiger partial charge in [0.1, 0.15) is 6.04 Å². The van der Waals surface area contributed by atoms with Crippen molar-refractivity contribution >= 4 is 50.9 Å². The van der Waals surface area contributed by atoms with Crippen molar-refractivity contribution in [2.24, 2.45) is 0 Å². The Morgan fingerprint density at radius 1 is 1.07 bits per heavy atom. The number of Topliss-reactive ketones (excluding diaryl/α,β-unsaturated/α-hetero) is 1. The highest BCUT2D eigenvalue weighted by Crippen LogP contribution is 2.41. The number of carbonyl (C=O) groups excluding carboxylic acids is 1. The molecule has 3 aromatic rings. The molecule has 0 saturated heterocycles. The number of fused-ring (bicyclic) bond motifs is 1. The van der Waals surface area contributed by atoms with Crippen LogP contribution in [-0.2, 0) is 4.79 Å². The number of anilines is 1. The van der Waals surface area contributed by atoms with Crippen molar-refractivity contribution < 1.29 is 4.79 Å². The maximum atomic E-state index is 12.8. The first-order chi connectivity index (χ1) is 14.0. The van der Waals surface area contributed by atoms with Crippen LogP contribution in [0.5, 0.6) is 0 Å². The fourth-order valence-electron chi connectivity index (χ4n) is 3.87. The molecule has 1 N–H and O–H groups in total. The molecule has 5 nitrogen and oxygen atoms in total. The van der Waals surface area contributed by atoms with Crippen LogP contribution in [0.1, 0.15) is 30.9 Å². The van der Waals surface area contributed by atoms with Gasteiger partial charge < -0.3 is 5.32 Å². The Balaban J connectivity index is 1.67. The zero-order chi connectivity index (χ0) is 20.1. The number of hydrogen-bond acceptors (Lipinski definition) is 4. The third-order valence-corrected chi connectivity index (χ3v) is 6.50. The quantitative estimate of drug-likeness (QED) is 0.477. The number of rotatable bonds is 2. The van der Waals surface area contributed by atoms with Crippen LogP contribution in [0.25, 0.3) is 11.4 Å². The number of carbonyl (C=O) groups is 1. The van der Waals surface area contributed by atoms with E-state index in [1.54, 1.807) is 16.8 Å². The minimum Gasteiger partial charge on any atom is -0.328 e. The molecule has 29 heavy (non-hydrogen) atoms. The third-order valence-electron chi connectivity index (χ3n) is 5.23. The Hall–Kier alpha value is -2.15. The number of nitrogens with one attached hydrogen (secondary N) is 1. The monoisotopic (exact) mass is 488 g/mol. The molecular weight excluding hydrogens is 475 g/mol. The Morgan fingerprint density at radius 3 is 2.62 bits per heavy atom. The van der Waals surface area contributed by atoms with Crippen LogP contribution < -0.4 is 5.32 Å². The lowest BCUT2D eigenvalue weighted by molar-refractivity contribution is -0.116. The SMILES string of the molecule is O=C1CCCC2=C1C(c1ccc(Br)cc1)n1nc(-c3ccc(Cl)c(Cl)c3)nc1N2. The zero-order valence-electron chi connectivity index (χ0n) is 15.1. The summed E-state index contributed by atoms with van der Waals surface area (Å²) >= 11 is 15.7. The summed E-state index contributed by atoms with van der Waals surface area (Å²) in [5.74, 6) is 1.30. The summed E-state index contributed by atoms with van der Waals surface area (Å²) in [6.45, 7) is 0. The van der Waals surface area contributed by atoms with E-state index in [1.165, 1.54) is 0 Å². The van der Waals surface area contributed by atoms with Crippen LogP contribution in [0, 0.1) is 0 Å². The Kier molecular flexibility index (Phi) is 4.73. The molecule has 1 aliphatic carbocycles. The van der Waals surface area contributed by atoms with Crippen molar-refractivity contribution in [1.29, 1.82) is 0 Å². The fourth-order valence-corrected chi connectivity index (χ4v) is 4.43. The molecular formula is C21H15BrCl2N4O. The summed E-state index contributed by atoms with van der Waals surface area (Å²) in [6.07, 6.45) is 2.21. The molecule has 5 rings (SSSR count). The molecule has 0 bridgehead atoms. The van der Waals surface area contributed by atoms with Crippen molar-refractivity contribution in [3.63, 3.8) is 0 Å². The largest absolute Gasteiger partial charge is 0.328 e. The van der Waals surface area contributed by atoms with Gasteiger partial charge in [-0.15, -0.1) is 5.10 Å². The van der Waals surface area contributed by atoms with Gasteiger partial charge >= 0.3 is 0 Å². The highest BCUT2D eigenvalue weighted by molar-refractivity contribution is 9.10. The van der Waals surface area contributed by atoms with Gasteiger partial charge in [0.15, 0.2) is 11.6 Å². The number of allylic oxidation sites excluding steroid dienone is 2. The molecule has 146 valence electrons. The second-order valence-electron chi connectivity index (χ2n) is 7.08. The van der Waals surface area contributed by atoms with E-state index in [0.29, 0.717) is 28.2 Å².